The van der Waals surface area contributed by atoms with Crippen molar-refractivity contribution in [1.82, 2.24) is 20.3 Å². The first-order valence-corrected chi connectivity index (χ1v) is 6.90. The first-order valence-electron chi connectivity index (χ1n) is 6.90. The van der Waals surface area contributed by atoms with Crippen LogP contribution in [0.15, 0.2) is 53.5 Å². The monoisotopic (exact) mass is 291 g/mol. The number of benzene rings is 1. The maximum absolute atomic E-state index is 5.47. The third-order valence-electron chi connectivity index (χ3n) is 3.69. The Balaban J connectivity index is 1.99. The van der Waals surface area contributed by atoms with Gasteiger partial charge in [-0.25, -0.2) is 0 Å². The summed E-state index contributed by atoms with van der Waals surface area (Å²) in [4.78, 5) is 7.80. The van der Waals surface area contributed by atoms with Crippen molar-refractivity contribution in [3.8, 4) is 11.4 Å². The van der Waals surface area contributed by atoms with Crippen LogP contribution in [0.4, 0.5) is 0 Å². The highest BCUT2D eigenvalue weighted by Gasteiger charge is 2.11. The third-order valence-corrected chi connectivity index (χ3v) is 3.69. The molecule has 6 heteroatoms. The number of pyridine rings is 1. The van der Waals surface area contributed by atoms with E-state index in [0.29, 0.717) is 5.69 Å². The molecule has 0 atom stereocenters. The molecule has 6 nitrogen and oxygen atoms in total. The fourth-order valence-electron chi connectivity index (χ4n) is 2.71. The van der Waals surface area contributed by atoms with Crippen molar-refractivity contribution in [2.75, 3.05) is 0 Å². The van der Waals surface area contributed by atoms with Gasteiger partial charge < -0.3 is 15.2 Å². The van der Waals surface area contributed by atoms with Crippen molar-refractivity contribution < 1.29 is 4.52 Å². The Hall–Kier alpha value is -3.15. The standard InChI is InChI=1S/C16H13N5O/c17-6-2-4-10-3-1-5-12-16(10)11-7-13(15-9-22-21-20-15)18-8-14(11)19-12/h1-3,5-9,19H,4,17H2. The Bertz CT molecular complexity index is 969. The van der Waals surface area contributed by atoms with Crippen LogP contribution in [0.5, 0.6) is 0 Å². The lowest BCUT2D eigenvalue weighted by Crippen LogP contribution is -1.86. The van der Waals surface area contributed by atoms with Crippen LogP contribution < -0.4 is 5.73 Å². The third kappa shape index (κ3) is 1.93. The van der Waals surface area contributed by atoms with E-state index in [1.807, 2.05) is 24.4 Å². The first-order chi connectivity index (χ1) is 10.9. The zero-order valence-corrected chi connectivity index (χ0v) is 11.7. The summed E-state index contributed by atoms with van der Waals surface area (Å²) in [6.07, 6.45) is 7.59. The molecule has 0 aliphatic heterocycles. The van der Waals surface area contributed by atoms with Crippen molar-refractivity contribution in [2.45, 2.75) is 6.42 Å². The van der Waals surface area contributed by atoms with Gasteiger partial charge in [0.05, 0.1) is 17.4 Å². The topological polar surface area (TPSA) is 93.6 Å². The van der Waals surface area contributed by atoms with Gasteiger partial charge in [0.25, 0.3) is 0 Å². The van der Waals surface area contributed by atoms with Crippen LogP contribution in [-0.4, -0.2) is 20.3 Å². The summed E-state index contributed by atoms with van der Waals surface area (Å²) in [6.45, 7) is 0. The highest BCUT2D eigenvalue weighted by Crippen LogP contribution is 2.30. The lowest BCUT2D eigenvalue weighted by molar-refractivity contribution is 0.393. The molecule has 0 amide bonds. The summed E-state index contributed by atoms with van der Waals surface area (Å²) < 4.78 is 4.79. The van der Waals surface area contributed by atoms with Gasteiger partial charge in [-0.1, -0.05) is 18.2 Å². The summed E-state index contributed by atoms with van der Waals surface area (Å²) in [6, 6.07) is 8.20. The summed E-state index contributed by atoms with van der Waals surface area (Å²) >= 11 is 0. The van der Waals surface area contributed by atoms with E-state index in [9.17, 15) is 0 Å². The molecular weight excluding hydrogens is 278 g/mol. The lowest BCUT2D eigenvalue weighted by Gasteiger charge is -2.01. The number of nitrogens with two attached hydrogens (primary N) is 1. The molecule has 0 fully saturated rings. The molecule has 0 saturated carbocycles. The second-order valence-electron chi connectivity index (χ2n) is 5.00. The summed E-state index contributed by atoms with van der Waals surface area (Å²) in [5.41, 5.74) is 10.1. The van der Waals surface area contributed by atoms with Gasteiger partial charge >= 0.3 is 0 Å². The molecular formula is C16H13N5O. The van der Waals surface area contributed by atoms with Gasteiger partial charge in [0.15, 0.2) is 12.0 Å². The number of hydrogen-bond donors (Lipinski definition) is 2. The van der Waals surface area contributed by atoms with E-state index in [1.54, 1.807) is 6.20 Å². The van der Waals surface area contributed by atoms with Crippen LogP contribution in [0, 0.1) is 0 Å². The molecule has 1 aromatic carbocycles. The SMILES string of the molecule is NC=CCc1cccc2[nH]c3cnc(-c4conn4)cc3c12. The molecule has 0 spiro atoms. The maximum Gasteiger partial charge on any atom is 0.153 e. The fourth-order valence-corrected chi connectivity index (χ4v) is 2.71. The van der Waals surface area contributed by atoms with E-state index >= 15 is 0 Å². The Morgan fingerprint density at radius 2 is 2.18 bits per heavy atom. The molecule has 4 rings (SSSR count). The second kappa shape index (κ2) is 5.00. The highest BCUT2D eigenvalue weighted by molar-refractivity contribution is 6.09. The number of aromatic nitrogens is 4. The van der Waals surface area contributed by atoms with Gasteiger partial charge in [-0.2, -0.15) is 0 Å². The van der Waals surface area contributed by atoms with Crippen LogP contribution in [0.1, 0.15) is 5.56 Å². The molecule has 0 bridgehead atoms. The molecule has 3 N–H and O–H groups in total. The molecule has 0 unspecified atom stereocenters. The Morgan fingerprint density at radius 1 is 1.23 bits per heavy atom. The van der Waals surface area contributed by atoms with Crippen LogP contribution in [-0.2, 0) is 6.42 Å². The molecule has 3 aromatic heterocycles. The van der Waals surface area contributed by atoms with Crippen molar-refractivity contribution in [2.24, 2.45) is 5.73 Å². The van der Waals surface area contributed by atoms with Crippen LogP contribution in [0.25, 0.3) is 33.2 Å². The normalized spacial score (nSPS) is 11.8. The molecule has 0 saturated heterocycles. The van der Waals surface area contributed by atoms with Crippen LogP contribution in [0.2, 0.25) is 0 Å². The smallest absolute Gasteiger partial charge is 0.153 e. The lowest BCUT2D eigenvalue weighted by atomic mass is 10.0. The number of aromatic amines is 1. The van der Waals surface area contributed by atoms with Crippen molar-refractivity contribution in [3.63, 3.8) is 0 Å². The number of nitrogens with one attached hydrogen (secondary N) is 1. The molecule has 22 heavy (non-hydrogen) atoms. The largest absolute Gasteiger partial charge is 0.405 e. The van der Waals surface area contributed by atoms with Gasteiger partial charge in [-0.05, 0) is 30.3 Å². The fraction of sp³-hybridized carbons (Fsp3) is 0.0625. The molecule has 108 valence electrons. The Morgan fingerprint density at radius 3 is 3.00 bits per heavy atom. The predicted molar refractivity (Wildman–Crippen MR) is 83.9 cm³/mol. The number of H-pyrrole nitrogens is 1. The predicted octanol–water partition coefficient (Wildman–Crippen LogP) is 2.78. The quantitative estimate of drug-likeness (QED) is 0.605. The number of fused-ring (bicyclic) bond motifs is 3. The maximum atomic E-state index is 5.47. The van der Waals surface area contributed by atoms with E-state index < -0.39 is 0 Å². The minimum absolute atomic E-state index is 0.621. The van der Waals surface area contributed by atoms with E-state index in [1.165, 1.54) is 17.2 Å². The average Bonchev–Trinajstić information content (AvgIpc) is 3.19. The number of nitrogens with zero attached hydrogens (tertiary/aromatic N) is 3. The number of allylic oxidation sites excluding steroid dienone is 1. The first kappa shape index (κ1) is 12.6. The Labute approximate surface area is 125 Å². The zero-order chi connectivity index (χ0) is 14.9. The molecule has 4 aromatic rings. The summed E-state index contributed by atoms with van der Waals surface area (Å²) in [5, 5.41) is 9.68. The van der Waals surface area contributed by atoms with E-state index in [-0.39, 0.29) is 0 Å². The van der Waals surface area contributed by atoms with E-state index in [0.717, 1.165) is 28.5 Å². The number of rotatable bonds is 3. The van der Waals surface area contributed by atoms with Gasteiger partial charge in [0.2, 0.25) is 0 Å². The molecule has 0 radical (unpaired) electrons. The van der Waals surface area contributed by atoms with Crippen LogP contribution in [0.3, 0.4) is 0 Å². The molecule has 0 aliphatic carbocycles. The van der Waals surface area contributed by atoms with Crippen molar-refractivity contribution in [1.29, 1.82) is 0 Å². The van der Waals surface area contributed by atoms with Gasteiger partial charge in [0, 0.05) is 21.6 Å². The number of hydrogen-bond acceptors (Lipinski definition) is 5. The minimum atomic E-state index is 0.621. The second-order valence-corrected chi connectivity index (χ2v) is 5.00. The van der Waals surface area contributed by atoms with E-state index in [2.05, 4.69) is 32.5 Å². The highest BCUT2D eigenvalue weighted by atomic mass is 16.5. The average molecular weight is 291 g/mol. The van der Waals surface area contributed by atoms with Gasteiger partial charge in [0.1, 0.15) is 0 Å². The van der Waals surface area contributed by atoms with Gasteiger partial charge in [-0.15, -0.1) is 5.10 Å². The van der Waals surface area contributed by atoms with Crippen molar-refractivity contribution in [3.05, 3.63) is 54.6 Å². The summed E-state index contributed by atoms with van der Waals surface area (Å²) in [7, 11) is 0. The molecule has 0 aliphatic rings. The zero-order valence-electron chi connectivity index (χ0n) is 11.7. The van der Waals surface area contributed by atoms with Crippen LogP contribution >= 0.6 is 0 Å². The Kier molecular flexibility index (Phi) is 2.86. The summed E-state index contributed by atoms with van der Waals surface area (Å²) in [5.74, 6) is 0. The van der Waals surface area contributed by atoms with E-state index in [4.69, 9.17) is 10.3 Å². The van der Waals surface area contributed by atoms with Gasteiger partial charge in [-0.3, -0.25) is 4.98 Å². The molecule has 3 heterocycles. The van der Waals surface area contributed by atoms with Crippen molar-refractivity contribution >= 4 is 21.8 Å². The minimum Gasteiger partial charge on any atom is -0.405 e.